The molecular weight excluding hydrogens is 202 g/mol. The third kappa shape index (κ3) is 4.04. The van der Waals surface area contributed by atoms with Crippen molar-refractivity contribution in [3.63, 3.8) is 0 Å². The van der Waals surface area contributed by atoms with Gasteiger partial charge < -0.3 is 15.5 Å². The highest BCUT2D eigenvalue weighted by atomic mass is 16.3. The Morgan fingerprint density at radius 2 is 1.50 bits per heavy atom. The van der Waals surface area contributed by atoms with E-state index in [0.717, 1.165) is 12.8 Å². The van der Waals surface area contributed by atoms with Crippen LogP contribution in [0.1, 0.15) is 47.0 Å². The van der Waals surface area contributed by atoms with Crippen molar-refractivity contribution in [2.75, 3.05) is 13.2 Å². The molecule has 0 unspecified atom stereocenters. The van der Waals surface area contributed by atoms with Gasteiger partial charge >= 0.3 is 0 Å². The van der Waals surface area contributed by atoms with E-state index in [4.69, 9.17) is 10.2 Å². The highest BCUT2D eigenvalue weighted by molar-refractivity contribution is 4.93. The van der Waals surface area contributed by atoms with E-state index in [1.165, 1.54) is 6.42 Å². The number of rotatable bonds is 4. The molecule has 16 heavy (non-hydrogen) atoms. The lowest BCUT2D eigenvalue weighted by Gasteiger charge is -2.46. The summed E-state index contributed by atoms with van der Waals surface area (Å²) in [5.41, 5.74) is 0.684. The molecule has 0 spiro atoms. The molecule has 1 rings (SSSR count). The van der Waals surface area contributed by atoms with Crippen molar-refractivity contribution >= 4 is 0 Å². The molecule has 0 bridgehead atoms. The minimum absolute atomic E-state index is 0.00779. The van der Waals surface area contributed by atoms with Crippen LogP contribution in [0.15, 0.2) is 0 Å². The van der Waals surface area contributed by atoms with Gasteiger partial charge in [-0.2, -0.15) is 0 Å². The van der Waals surface area contributed by atoms with Gasteiger partial charge in [-0.3, -0.25) is 0 Å². The van der Waals surface area contributed by atoms with Crippen molar-refractivity contribution < 1.29 is 10.2 Å². The molecule has 3 nitrogen and oxygen atoms in total. The van der Waals surface area contributed by atoms with Crippen molar-refractivity contribution in [2.45, 2.75) is 59.0 Å². The zero-order chi connectivity index (χ0) is 12.4. The predicted octanol–water partition coefficient (Wildman–Crippen LogP) is 1.53. The van der Waals surface area contributed by atoms with Crippen LogP contribution in [-0.4, -0.2) is 35.5 Å². The summed E-state index contributed by atoms with van der Waals surface area (Å²) in [5, 5.41) is 21.6. The molecule has 0 amide bonds. The third-order valence-electron chi connectivity index (χ3n) is 3.47. The molecule has 1 aliphatic rings. The van der Waals surface area contributed by atoms with Gasteiger partial charge in [-0.05, 0) is 30.1 Å². The predicted molar refractivity (Wildman–Crippen MR) is 66.3 cm³/mol. The standard InChI is InChI=1S/C13H27NO2/c1-12(2)5-10(6-13(3,4)9-12)14-11(7-15)8-16/h10-11,14-16H,5-9H2,1-4H3. The molecule has 0 radical (unpaired) electrons. The quantitative estimate of drug-likeness (QED) is 0.685. The van der Waals surface area contributed by atoms with E-state index in [9.17, 15) is 0 Å². The molecule has 0 aromatic heterocycles. The Morgan fingerprint density at radius 1 is 1.06 bits per heavy atom. The first-order chi connectivity index (χ1) is 7.28. The van der Waals surface area contributed by atoms with E-state index in [0.29, 0.717) is 16.9 Å². The number of hydrogen-bond acceptors (Lipinski definition) is 3. The highest BCUT2D eigenvalue weighted by Gasteiger charge is 2.38. The van der Waals surface area contributed by atoms with E-state index < -0.39 is 0 Å². The Labute approximate surface area is 99.3 Å². The van der Waals surface area contributed by atoms with Crippen LogP contribution in [0.4, 0.5) is 0 Å². The molecule has 1 fully saturated rings. The van der Waals surface area contributed by atoms with Crippen LogP contribution >= 0.6 is 0 Å². The monoisotopic (exact) mass is 229 g/mol. The van der Waals surface area contributed by atoms with Crippen molar-refractivity contribution in [2.24, 2.45) is 10.8 Å². The van der Waals surface area contributed by atoms with Gasteiger partial charge in [0.05, 0.1) is 19.3 Å². The fourth-order valence-corrected chi connectivity index (χ4v) is 3.46. The second kappa shape index (κ2) is 5.03. The fourth-order valence-electron chi connectivity index (χ4n) is 3.46. The van der Waals surface area contributed by atoms with Crippen LogP contribution in [0.2, 0.25) is 0 Å². The zero-order valence-electron chi connectivity index (χ0n) is 11.1. The minimum Gasteiger partial charge on any atom is -0.395 e. The topological polar surface area (TPSA) is 52.5 Å². The first kappa shape index (κ1) is 13.9. The number of nitrogens with one attached hydrogen (secondary N) is 1. The number of aliphatic hydroxyl groups excluding tert-OH is 2. The van der Waals surface area contributed by atoms with Gasteiger partial charge in [-0.1, -0.05) is 27.7 Å². The van der Waals surface area contributed by atoms with Gasteiger partial charge in [-0.15, -0.1) is 0 Å². The van der Waals surface area contributed by atoms with Crippen LogP contribution in [0.25, 0.3) is 0 Å². The summed E-state index contributed by atoms with van der Waals surface area (Å²) >= 11 is 0. The Kier molecular flexibility index (Phi) is 4.38. The van der Waals surface area contributed by atoms with Crippen LogP contribution in [0.3, 0.4) is 0 Å². The van der Waals surface area contributed by atoms with E-state index in [-0.39, 0.29) is 19.3 Å². The molecule has 3 N–H and O–H groups in total. The number of hydrogen-bond donors (Lipinski definition) is 3. The van der Waals surface area contributed by atoms with Gasteiger partial charge in [0.2, 0.25) is 0 Å². The summed E-state index contributed by atoms with van der Waals surface area (Å²) in [7, 11) is 0. The summed E-state index contributed by atoms with van der Waals surface area (Å²) in [5.74, 6) is 0. The van der Waals surface area contributed by atoms with Crippen molar-refractivity contribution in [3.05, 3.63) is 0 Å². The van der Waals surface area contributed by atoms with E-state index >= 15 is 0 Å². The largest absolute Gasteiger partial charge is 0.395 e. The average molecular weight is 229 g/mol. The second-order valence-corrected chi connectivity index (χ2v) is 6.84. The van der Waals surface area contributed by atoms with Gasteiger partial charge in [0.25, 0.3) is 0 Å². The fraction of sp³-hybridized carbons (Fsp3) is 1.00. The molecule has 0 atom stereocenters. The molecule has 1 saturated carbocycles. The second-order valence-electron chi connectivity index (χ2n) is 6.84. The lowest BCUT2D eigenvalue weighted by atomic mass is 9.63. The Morgan fingerprint density at radius 3 is 1.88 bits per heavy atom. The van der Waals surface area contributed by atoms with E-state index in [2.05, 4.69) is 33.0 Å². The van der Waals surface area contributed by atoms with Gasteiger partial charge in [-0.25, -0.2) is 0 Å². The van der Waals surface area contributed by atoms with Crippen LogP contribution < -0.4 is 5.32 Å². The Balaban J connectivity index is 2.60. The van der Waals surface area contributed by atoms with Gasteiger partial charge in [0, 0.05) is 6.04 Å². The zero-order valence-corrected chi connectivity index (χ0v) is 11.1. The maximum absolute atomic E-state index is 9.09. The molecule has 0 heterocycles. The maximum Gasteiger partial charge on any atom is 0.0607 e. The SMILES string of the molecule is CC1(C)CC(NC(CO)CO)CC(C)(C)C1. The van der Waals surface area contributed by atoms with Gasteiger partial charge in [0.1, 0.15) is 0 Å². The molecule has 3 heteroatoms. The lowest BCUT2D eigenvalue weighted by molar-refractivity contribution is 0.0667. The number of aliphatic hydroxyl groups is 2. The first-order valence-electron chi connectivity index (χ1n) is 6.26. The van der Waals surface area contributed by atoms with Crippen molar-refractivity contribution in [1.82, 2.24) is 5.32 Å². The van der Waals surface area contributed by atoms with E-state index in [1.54, 1.807) is 0 Å². The molecule has 1 aliphatic carbocycles. The van der Waals surface area contributed by atoms with Crippen molar-refractivity contribution in [1.29, 1.82) is 0 Å². The van der Waals surface area contributed by atoms with Gasteiger partial charge in [0.15, 0.2) is 0 Å². The molecular formula is C13H27NO2. The molecule has 0 aliphatic heterocycles. The molecule has 0 aromatic rings. The third-order valence-corrected chi connectivity index (χ3v) is 3.47. The summed E-state index contributed by atoms with van der Waals surface area (Å²) in [6.45, 7) is 9.22. The van der Waals surface area contributed by atoms with Crippen LogP contribution in [-0.2, 0) is 0 Å². The van der Waals surface area contributed by atoms with E-state index in [1.807, 2.05) is 0 Å². The molecule has 0 saturated heterocycles. The normalized spacial score (nSPS) is 24.9. The Bertz CT molecular complexity index is 206. The summed E-state index contributed by atoms with van der Waals surface area (Å²) in [6, 6.07) is 0.234. The summed E-state index contributed by atoms with van der Waals surface area (Å²) < 4.78 is 0. The van der Waals surface area contributed by atoms with Crippen LogP contribution in [0.5, 0.6) is 0 Å². The maximum atomic E-state index is 9.09. The first-order valence-corrected chi connectivity index (χ1v) is 6.26. The molecule has 0 aromatic carbocycles. The van der Waals surface area contributed by atoms with Crippen LogP contribution in [0, 0.1) is 10.8 Å². The highest BCUT2D eigenvalue weighted by Crippen LogP contribution is 2.45. The lowest BCUT2D eigenvalue weighted by Crippen LogP contribution is -2.49. The Hall–Kier alpha value is -0.120. The van der Waals surface area contributed by atoms with Crippen molar-refractivity contribution in [3.8, 4) is 0 Å². The smallest absolute Gasteiger partial charge is 0.0607 e. The molecule has 96 valence electrons. The minimum atomic E-state index is -0.172. The summed E-state index contributed by atoms with van der Waals surface area (Å²) in [6.07, 6.45) is 3.47. The summed E-state index contributed by atoms with van der Waals surface area (Å²) in [4.78, 5) is 0. The average Bonchev–Trinajstić information content (AvgIpc) is 2.09.